The molecule has 0 aromatic heterocycles. The Balaban J connectivity index is 3.60. The van der Waals surface area contributed by atoms with Gasteiger partial charge in [0, 0.05) is 6.04 Å². The lowest BCUT2D eigenvalue weighted by molar-refractivity contribution is -0.147. The molecule has 0 radical (unpaired) electrons. The molecule has 0 saturated heterocycles. The van der Waals surface area contributed by atoms with Crippen molar-refractivity contribution in [2.24, 2.45) is 5.92 Å². The number of aromatic hydroxyl groups is 1. The van der Waals surface area contributed by atoms with Gasteiger partial charge in [-0.3, -0.25) is 14.4 Å². The number of phenols is 1. The highest BCUT2D eigenvalue weighted by Gasteiger charge is 2.40. The van der Waals surface area contributed by atoms with Crippen LogP contribution in [0.5, 0.6) is 5.75 Å². The summed E-state index contributed by atoms with van der Waals surface area (Å²) < 4.78 is 10.0. The van der Waals surface area contributed by atoms with Crippen LogP contribution in [0.2, 0.25) is 0 Å². The normalized spacial score (nSPS) is 14.5. The van der Waals surface area contributed by atoms with Gasteiger partial charge in [-0.15, -0.1) is 0 Å². The van der Waals surface area contributed by atoms with Crippen LogP contribution in [0, 0.1) is 12.8 Å². The number of benzene rings is 1. The molecular weight excluding hydrogens is 478 g/mol. The van der Waals surface area contributed by atoms with Crippen molar-refractivity contribution in [3.8, 4) is 5.75 Å². The zero-order valence-electron chi connectivity index (χ0n) is 23.5. The molecule has 4 unspecified atom stereocenters. The third-order valence-electron chi connectivity index (χ3n) is 6.17. The number of hydrogen-bond donors (Lipinski definition) is 3. The molecule has 0 bridgehead atoms. The van der Waals surface area contributed by atoms with E-state index in [1.54, 1.807) is 39.8 Å². The number of carbonyl (C=O) groups is 4. The van der Waals surface area contributed by atoms with Crippen LogP contribution in [0.4, 0.5) is 4.79 Å². The quantitative estimate of drug-likeness (QED) is 0.379. The summed E-state index contributed by atoms with van der Waals surface area (Å²) >= 11 is 0. The molecule has 0 aliphatic rings. The van der Waals surface area contributed by atoms with E-state index in [9.17, 15) is 24.3 Å². The number of carbonyl (C=O) groups excluding carboxylic acids is 4. The first-order valence-electron chi connectivity index (χ1n) is 12.6. The zero-order valence-corrected chi connectivity index (χ0v) is 23.5. The number of amides is 3. The van der Waals surface area contributed by atoms with Gasteiger partial charge in [0.15, 0.2) is 0 Å². The van der Waals surface area contributed by atoms with E-state index in [-0.39, 0.29) is 18.2 Å². The van der Waals surface area contributed by atoms with Crippen molar-refractivity contribution >= 4 is 23.9 Å². The maximum atomic E-state index is 14.1. The van der Waals surface area contributed by atoms with Gasteiger partial charge in [-0.2, -0.15) is 0 Å². The predicted molar refractivity (Wildman–Crippen MR) is 140 cm³/mol. The number of ether oxygens (including phenoxy) is 2. The molecule has 1 rings (SSSR count). The van der Waals surface area contributed by atoms with E-state index in [1.807, 2.05) is 27.7 Å². The minimum atomic E-state index is -1.14. The van der Waals surface area contributed by atoms with Crippen molar-refractivity contribution in [3.63, 3.8) is 0 Å². The van der Waals surface area contributed by atoms with E-state index in [4.69, 9.17) is 4.74 Å². The molecule has 3 amide bonds. The second-order valence-corrected chi connectivity index (χ2v) is 10.3. The molecule has 1 aromatic carbocycles. The average molecular weight is 522 g/mol. The highest BCUT2D eigenvalue weighted by atomic mass is 16.6. The molecule has 0 aliphatic heterocycles. The molecular formula is C27H43N3O7. The number of alkyl carbamates (subject to hydrolysis) is 1. The van der Waals surface area contributed by atoms with E-state index in [2.05, 4.69) is 15.4 Å². The van der Waals surface area contributed by atoms with Gasteiger partial charge >= 0.3 is 12.1 Å². The monoisotopic (exact) mass is 521 g/mol. The number of methoxy groups -OCH3 is 1. The van der Waals surface area contributed by atoms with Crippen LogP contribution in [0.3, 0.4) is 0 Å². The molecule has 0 saturated carbocycles. The van der Waals surface area contributed by atoms with E-state index >= 15 is 0 Å². The third kappa shape index (κ3) is 9.26. The molecule has 0 aliphatic carbocycles. The topological polar surface area (TPSA) is 134 Å². The Morgan fingerprint density at radius 2 is 1.70 bits per heavy atom. The van der Waals surface area contributed by atoms with Gasteiger partial charge in [0.2, 0.25) is 11.8 Å². The van der Waals surface area contributed by atoms with Crippen molar-refractivity contribution in [1.82, 2.24) is 15.5 Å². The first kappa shape index (κ1) is 31.7. The first-order valence-corrected chi connectivity index (χ1v) is 12.6. The fraction of sp³-hybridized carbons (Fsp3) is 0.630. The van der Waals surface area contributed by atoms with Crippen LogP contribution in [-0.4, -0.2) is 65.2 Å². The smallest absolute Gasteiger partial charge is 0.408 e. The van der Waals surface area contributed by atoms with E-state index in [1.165, 1.54) is 18.1 Å². The van der Waals surface area contributed by atoms with Crippen LogP contribution in [0.1, 0.15) is 78.5 Å². The van der Waals surface area contributed by atoms with Gasteiger partial charge in [-0.05, 0) is 70.2 Å². The summed E-state index contributed by atoms with van der Waals surface area (Å²) in [4.78, 5) is 53.5. The molecule has 1 aromatic rings. The molecule has 4 atom stereocenters. The van der Waals surface area contributed by atoms with Crippen LogP contribution in [-0.2, 0) is 23.9 Å². The lowest BCUT2D eigenvalue weighted by atomic mass is 9.93. The highest BCUT2D eigenvalue weighted by Crippen LogP contribution is 2.30. The Morgan fingerprint density at radius 3 is 2.19 bits per heavy atom. The molecule has 0 spiro atoms. The zero-order chi connectivity index (χ0) is 28.5. The summed E-state index contributed by atoms with van der Waals surface area (Å²) in [5.74, 6) is -1.92. The fourth-order valence-corrected chi connectivity index (χ4v) is 3.69. The number of rotatable bonds is 11. The number of nitrogens with one attached hydrogen (secondary N) is 2. The fourth-order valence-electron chi connectivity index (χ4n) is 3.69. The van der Waals surface area contributed by atoms with Crippen LogP contribution >= 0.6 is 0 Å². The molecule has 10 nitrogen and oxygen atoms in total. The summed E-state index contributed by atoms with van der Waals surface area (Å²) in [5.41, 5.74) is 0.209. The standard InChI is InChI=1S/C27H43N3O7/c1-10-16(3)22(29-26(35)37-27(6,7)8)25(34)30(18(5)11-2)23(24(33)28-15-21(32)36-9)19-12-13-20(31)17(4)14-19/h12-14,16,18,22-23,31H,10-11,15H2,1-9H3,(H,28,33)(H,29,35). The maximum absolute atomic E-state index is 14.1. The van der Waals surface area contributed by atoms with Gasteiger partial charge in [0.05, 0.1) is 7.11 Å². The Bertz CT molecular complexity index is 958. The molecule has 3 N–H and O–H groups in total. The molecule has 0 heterocycles. The Morgan fingerprint density at radius 1 is 1.08 bits per heavy atom. The van der Waals surface area contributed by atoms with Crippen molar-refractivity contribution < 1.29 is 33.8 Å². The Hall–Kier alpha value is -3.30. The van der Waals surface area contributed by atoms with E-state index < -0.39 is 47.6 Å². The van der Waals surface area contributed by atoms with E-state index in [0.717, 1.165) is 0 Å². The van der Waals surface area contributed by atoms with Gasteiger partial charge in [-0.25, -0.2) is 4.79 Å². The number of aryl methyl sites for hydroxylation is 1. The predicted octanol–water partition coefficient (Wildman–Crippen LogP) is 3.60. The minimum Gasteiger partial charge on any atom is -0.508 e. The SMILES string of the molecule is CCC(C)C(NC(=O)OC(C)(C)C)C(=O)N(C(C)CC)C(C(=O)NCC(=O)OC)c1ccc(O)c(C)c1. The second kappa shape index (κ2) is 13.9. The molecule has 37 heavy (non-hydrogen) atoms. The van der Waals surface area contributed by atoms with Crippen LogP contribution < -0.4 is 10.6 Å². The maximum Gasteiger partial charge on any atom is 0.408 e. The highest BCUT2D eigenvalue weighted by molar-refractivity contribution is 5.93. The van der Waals surface area contributed by atoms with Gasteiger partial charge in [0.1, 0.15) is 30.0 Å². The molecule has 10 heteroatoms. The van der Waals surface area contributed by atoms with Crippen molar-refractivity contribution in [1.29, 1.82) is 0 Å². The van der Waals surface area contributed by atoms with Gasteiger partial charge in [0.25, 0.3) is 0 Å². The molecule has 0 fully saturated rings. The second-order valence-electron chi connectivity index (χ2n) is 10.3. The van der Waals surface area contributed by atoms with Crippen LogP contribution in [0.15, 0.2) is 18.2 Å². The third-order valence-corrected chi connectivity index (χ3v) is 6.17. The summed E-state index contributed by atoms with van der Waals surface area (Å²) in [6.07, 6.45) is 0.365. The number of nitrogens with zero attached hydrogens (tertiary/aromatic N) is 1. The number of hydrogen-bond acceptors (Lipinski definition) is 7. The summed E-state index contributed by atoms with van der Waals surface area (Å²) in [6.45, 7) is 13.9. The number of phenolic OH excluding ortho intramolecular Hbond substituents is 1. The van der Waals surface area contributed by atoms with Gasteiger partial charge in [-0.1, -0.05) is 33.3 Å². The first-order chi connectivity index (χ1) is 17.2. The van der Waals surface area contributed by atoms with Crippen molar-refractivity contribution in [2.75, 3.05) is 13.7 Å². The summed E-state index contributed by atoms with van der Waals surface area (Å²) in [7, 11) is 1.21. The summed E-state index contributed by atoms with van der Waals surface area (Å²) in [6, 6.07) is 2.12. The largest absolute Gasteiger partial charge is 0.508 e. The van der Waals surface area contributed by atoms with Crippen molar-refractivity contribution in [2.45, 2.75) is 92.0 Å². The van der Waals surface area contributed by atoms with Crippen molar-refractivity contribution in [3.05, 3.63) is 29.3 Å². The Kier molecular flexibility index (Phi) is 11.9. The lowest BCUT2D eigenvalue weighted by Gasteiger charge is -2.39. The summed E-state index contributed by atoms with van der Waals surface area (Å²) in [5, 5.41) is 15.3. The molecule has 208 valence electrons. The number of esters is 1. The van der Waals surface area contributed by atoms with Crippen LogP contribution in [0.25, 0.3) is 0 Å². The minimum absolute atomic E-state index is 0.0444. The van der Waals surface area contributed by atoms with Gasteiger partial charge < -0.3 is 30.1 Å². The average Bonchev–Trinajstić information content (AvgIpc) is 2.83. The Labute approximate surface area is 220 Å². The van der Waals surface area contributed by atoms with E-state index in [0.29, 0.717) is 24.0 Å². The lowest BCUT2D eigenvalue weighted by Crippen LogP contribution is -2.57.